The molecule has 0 atom stereocenters. The minimum absolute atomic E-state index is 0.218. The first-order valence-corrected chi connectivity index (χ1v) is 7.20. The van der Waals surface area contributed by atoms with Gasteiger partial charge in [0.2, 0.25) is 0 Å². The maximum atomic E-state index is 7.16. The lowest BCUT2D eigenvalue weighted by molar-refractivity contribution is 0.412. The molecule has 0 saturated carbocycles. The first kappa shape index (κ1) is 10.8. The molecule has 0 amide bonds. The van der Waals surface area contributed by atoms with Crippen LogP contribution in [0.1, 0.15) is 27.7 Å². The Morgan fingerprint density at radius 1 is 1.21 bits per heavy atom. The smallest absolute Gasteiger partial charge is 0.134 e. The van der Waals surface area contributed by atoms with Crippen molar-refractivity contribution in [2.45, 2.75) is 19.8 Å². The summed E-state index contributed by atoms with van der Waals surface area (Å²) in [5.74, 6) is 0.218. The summed E-state index contributed by atoms with van der Waals surface area (Å²) in [6, 6.07) is 11.7. The Bertz CT molecular complexity index is 654. The standard InChI is InChI=1S/C16H16BrClO/c1-3-11-4-6-12(7-5-11)8-13-9-14(17)16(19-2)10-15(13)18/h4-7,9-10H,3,8H2,1-2H3/i2D3. The molecule has 0 aliphatic carbocycles. The average Bonchev–Trinajstić information content (AvgIpc) is 2.43. The van der Waals surface area contributed by atoms with Crippen LogP contribution in [0.2, 0.25) is 5.02 Å². The number of aryl methyl sites for hydroxylation is 1. The lowest BCUT2D eigenvalue weighted by atomic mass is 10.0. The number of benzene rings is 2. The van der Waals surface area contributed by atoms with Crippen molar-refractivity contribution >= 4 is 27.5 Å². The molecule has 0 unspecified atom stereocenters. The van der Waals surface area contributed by atoms with E-state index in [2.05, 4.69) is 47.1 Å². The first-order valence-electron chi connectivity index (χ1n) is 7.53. The van der Waals surface area contributed by atoms with Gasteiger partial charge in [-0.3, -0.25) is 0 Å². The fourth-order valence-corrected chi connectivity index (χ4v) is 2.59. The van der Waals surface area contributed by atoms with Crippen LogP contribution in [0.3, 0.4) is 0 Å². The SMILES string of the molecule is [2H]C([2H])([2H])Oc1cc(Cl)c(Cc2ccc(CC)cc2)cc1Br. The Kier molecular flexibility index (Phi) is 3.65. The van der Waals surface area contributed by atoms with Gasteiger partial charge in [0, 0.05) is 11.1 Å². The fraction of sp³-hybridized carbons (Fsp3) is 0.250. The maximum Gasteiger partial charge on any atom is 0.134 e. The van der Waals surface area contributed by atoms with E-state index in [0.717, 1.165) is 17.5 Å². The molecule has 2 aromatic carbocycles. The van der Waals surface area contributed by atoms with Crippen molar-refractivity contribution in [1.29, 1.82) is 0 Å². The summed E-state index contributed by atoms with van der Waals surface area (Å²) < 4.78 is 27.0. The summed E-state index contributed by atoms with van der Waals surface area (Å²) in [6.07, 6.45) is 1.68. The number of hydrogen-bond donors (Lipinski definition) is 0. The maximum absolute atomic E-state index is 7.16. The van der Waals surface area contributed by atoms with E-state index >= 15 is 0 Å². The zero-order valence-electron chi connectivity index (χ0n) is 13.5. The van der Waals surface area contributed by atoms with E-state index in [-0.39, 0.29) is 5.75 Å². The molecule has 1 nitrogen and oxygen atoms in total. The predicted molar refractivity (Wildman–Crippen MR) is 84.3 cm³/mol. The summed E-state index contributed by atoms with van der Waals surface area (Å²) in [5.41, 5.74) is 3.35. The molecule has 100 valence electrons. The van der Waals surface area contributed by atoms with Crippen LogP contribution >= 0.6 is 27.5 Å². The van der Waals surface area contributed by atoms with Crippen LogP contribution in [-0.4, -0.2) is 7.04 Å². The Morgan fingerprint density at radius 3 is 2.53 bits per heavy atom. The van der Waals surface area contributed by atoms with E-state index in [1.54, 1.807) is 6.07 Å². The van der Waals surface area contributed by atoms with E-state index in [0.29, 0.717) is 15.9 Å². The van der Waals surface area contributed by atoms with Gasteiger partial charge in [0.25, 0.3) is 0 Å². The molecular weight excluding hydrogens is 324 g/mol. The van der Waals surface area contributed by atoms with Gasteiger partial charge in [0.1, 0.15) is 5.75 Å². The van der Waals surface area contributed by atoms with Crippen molar-refractivity contribution in [3.63, 3.8) is 0 Å². The lowest BCUT2D eigenvalue weighted by Gasteiger charge is -2.09. The molecule has 0 spiro atoms. The molecule has 0 aliphatic heterocycles. The summed E-state index contributed by atoms with van der Waals surface area (Å²) in [6.45, 7) is 2.12. The van der Waals surface area contributed by atoms with Crippen molar-refractivity contribution in [1.82, 2.24) is 0 Å². The van der Waals surface area contributed by atoms with Crippen LogP contribution in [0.4, 0.5) is 0 Å². The molecule has 0 aromatic heterocycles. The zero-order chi connectivity index (χ0) is 16.3. The van der Waals surface area contributed by atoms with Crippen LogP contribution in [-0.2, 0) is 12.8 Å². The highest BCUT2D eigenvalue weighted by Gasteiger charge is 2.08. The van der Waals surface area contributed by atoms with Crippen LogP contribution in [0, 0.1) is 0 Å². The second kappa shape index (κ2) is 6.44. The molecule has 0 aliphatic rings. The molecule has 2 rings (SSSR count). The molecule has 2 aromatic rings. The van der Waals surface area contributed by atoms with Crippen molar-refractivity contribution < 1.29 is 8.85 Å². The molecule has 0 bridgehead atoms. The Morgan fingerprint density at radius 2 is 1.89 bits per heavy atom. The lowest BCUT2D eigenvalue weighted by Crippen LogP contribution is -1.93. The molecule has 19 heavy (non-hydrogen) atoms. The molecule has 0 fully saturated rings. The second-order valence-corrected chi connectivity index (χ2v) is 5.58. The fourth-order valence-electron chi connectivity index (χ4n) is 1.90. The van der Waals surface area contributed by atoms with Gasteiger partial charge in [0.15, 0.2) is 0 Å². The number of halogens is 2. The van der Waals surface area contributed by atoms with Gasteiger partial charge in [-0.2, -0.15) is 0 Å². The minimum Gasteiger partial charge on any atom is -0.496 e. The predicted octanol–water partition coefficient (Wildman–Crippen LogP) is 5.26. The van der Waals surface area contributed by atoms with Gasteiger partial charge in [0.05, 0.1) is 15.6 Å². The highest BCUT2D eigenvalue weighted by Crippen LogP contribution is 2.32. The molecule has 0 saturated heterocycles. The van der Waals surface area contributed by atoms with E-state index in [4.69, 9.17) is 20.5 Å². The monoisotopic (exact) mass is 341 g/mol. The summed E-state index contributed by atoms with van der Waals surface area (Å²) >= 11 is 9.59. The number of methoxy groups -OCH3 is 1. The highest BCUT2D eigenvalue weighted by molar-refractivity contribution is 9.10. The summed E-state index contributed by atoms with van der Waals surface area (Å²) in [7, 11) is -2.50. The average molecular weight is 343 g/mol. The third-order valence-electron chi connectivity index (χ3n) is 3.04. The molecule has 0 N–H and O–H groups in total. The Labute approximate surface area is 131 Å². The topological polar surface area (TPSA) is 9.23 Å². The highest BCUT2D eigenvalue weighted by atomic mass is 79.9. The van der Waals surface area contributed by atoms with Gasteiger partial charge in [-0.15, -0.1) is 0 Å². The van der Waals surface area contributed by atoms with E-state index in [1.165, 1.54) is 11.6 Å². The van der Waals surface area contributed by atoms with Crippen molar-refractivity contribution in [2.24, 2.45) is 0 Å². The molecule has 3 heteroatoms. The van der Waals surface area contributed by atoms with E-state index in [9.17, 15) is 0 Å². The van der Waals surface area contributed by atoms with Crippen molar-refractivity contribution in [3.05, 3.63) is 62.6 Å². The van der Waals surface area contributed by atoms with E-state index < -0.39 is 7.04 Å². The van der Waals surface area contributed by atoms with Crippen LogP contribution in [0.25, 0.3) is 0 Å². The Balaban J connectivity index is 2.23. The second-order valence-electron chi connectivity index (χ2n) is 4.32. The first-order chi connectivity index (χ1) is 10.3. The van der Waals surface area contributed by atoms with Gasteiger partial charge in [-0.05, 0) is 51.5 Å². The number of rotatable bonds is 4. The van der Waals surface area contributed by atoms with Crippen LogP contribution < -0.4 is 4.74 Å². The quantitative estimate of drug-likeness (QED) is 0.736. The van der Waals surface area contributed by atoms with E-state index in [1.807, 2.05) is 0 Å². The number of hydrogen-bond acceptors (Lipinski definition) is 1. The third kappa shape index (κ3) is 3.52. The van der Waals surface area contributed by atoms with Gasteiger partial charge in [-0.25, -0.2) is 0 Å². The van der Waals surface area contributed by atoms with Crippen molar-refractivity contribution in [2.75, 3.05) is 7.04 Å². The molecule has 0 radical (unpaired) electrons. The number of ether oxygens (including phenoxy) is 1. The van der Waals surface area contributed by atoms with Crippen LogP contribution in [0.5, 0.6) is 5.75 Å². The largest absolute Gasteiger partial charge is 0.496 e. The molecular formula is C16H16BrClO. The minimum atomic E-state index is -2.50. The van der Waals surface area contributed by atoms with Gasteiger partial charge >= 0.3 is 0 Å². The third-order valence-corrected chi connectivity index (χ3v) is 4.01. The zero-order valence-corrected chi connectivity index (χ0v) is 12.9. The van der Waals surface area contributed by atoms with Crippen LogP contribution in [0.15, 0.2) is 40.9 Å². The normalized spacial score (nSPS) is 13.5. The summed E-state index contributed by atoms with van der Waals surface area (Å²) in [4.78, 5) is 0. The van der Waals surface area contributed by atoms with Gasteiger partial charge in [-0.1, -0.05) is 42.8 Å². The summed E-state index contributed by atoms with van der Waals surface area (Å²) in [5, 5.41) is 0.488. The Hall–Kier alpha value is -0.990. The molecule has 0 heterocycles. The van der Waals surface area contributed by atoms with Crippen molar-refractivity contribution in [3.8, 4) is 5.75 Å². The van der Waals surface area contributed by atoms with Gasteiger partial charge < -0.3 is 4.74 Å².